The quantitative estimate of drug-likeness (QED) is 0.871. The van der Waals surface area contributed by atoms with Crippen molar-refractivity contribution in [2.75, 3.05) is 39.3 Å². The van der Waals surface area contributed by atoms with Gasteiger partial charge < -0.3 is 10.6 Å². The maximum absolute atomic E-state index is 12.9. The topological polar surface area (TPSA) is 44.4 Å². The van der Waals surface area contributed by atoms with Crippen LogP contribution in [0.2, 0.25) is 0 Å². The van der Waals surface area contributed by atoms with Crippen LogP contribution in [0.3, 0.4) is 0 Å². The number of nitrogens with zero attached hydrogens (tertiary/aromatic N) is 1. The van der Waals surface area contributed by atoms with Crippen LogP contribution in [-0.4, -0.2) is 50.1 Å². The van der Waals surface area contributed by atoms with Crippen molar-refractivity contribution >= 4 is 17.2 Å². The molecule has 122 valence electrons. The Labute approximate surface area is 137 Å². The molecule has 4 nitrogen and oxygen atoms in total. The molecule has 5 heteroatoms. The molecule has 1 aliphatic heterocycles. The summed E-state index contributed by atoms with van der Waals surface area (Å²) in [6.45, 7) is 6.04. The standard InChI is InChI=1S/C17H27N3OS/c21-16(19-10-13-20-11-8-18-9-12-20)17(6-2-1-3-7-17)15-5-4-14-22-15/h4-5,14,18H,1-3,6-13H2,(H,19,21). The van der Waals surface area contributed by atoms with Crippen molar-refractivity contribution in [3.05, 3.63) is 22.4 Å². The van der Waals surface area contributed by atoms with E-state index in [0.717, 1.165) is 52.1 Å². The minimum Gasteiger partial charge on any atom is -0.354 e. The molecule has 1 aromatic heterocycles. The third-order valence-electron chi connectivity index (χ3n) is 5.06. The van der Waals surface area contributed by atoms with Gasteiger partial charge in [-0.05, 0) is 24.3 Å². The van der Waals surface area contributed by atoms with Gasteiger partial charge in [-0.15, -0.1) is 11.3 Å². The summed E-state index contributed by atoms with van der Waals surface area (Å²) >= 11 is 1.74. The smallest absolute Gasteiger partial charge is 0.231 e. The molecule has 0 unspecified atom stereocenters. The van der Waals surface area contributed by atoms with Crippen LogP contribution in [0.15, 0.2) is 17.5 Å². The highest BCUT2D eigenvalue weighted by atomic mass is 32.1. The molecule has 0 atom stereocenters. The number of piperazine rings is 1. The van der Waals surface area contributed by atoms with Gasteiger partial charge in [-0.2, -0.15) is 0 Å². The molecule has 3 rings (SSSR count). The first-order chi connectivity index (χ1) is 10.8. The fraction of sp³-hybridized carbons (Fsp3) is 0.706. The third-order valence-corrected chi connectivity index (χ3v) is 6.13. The average Bonchev–Trinajstić information content (AvgIpc) is 3.11. The molecule has 1 amide bonds. The number of hydrogen-bond donors (Lipinski definition) is 2. The Morgan fingerprint density at radius 3 is 2.73 bits per heavy atom. The summed E-state index contributed by atoms with van der Waals surface area (Å²) in [6, 6.07) is 4.22. The summed E-state index contributed by atoms with van der Waals surface area (Å²) in [5.74, 6) is 0.254. The van der Waals surface area contributed by atoms with Gasteiger partial charge in [0.2, 0.25) is 5.91 Å². The lowest BCUT2D eigenvalue weighted by Gasteiger charge is -2.35. The Morgan fingerprint density at radius 1 is 1.27 bits per heavy atom. The second kappa shape index (κ2) is 7.57. The summed E-state index contributed by atoms with van der Waals surface area (Å²) in [7, 11) is 0. The van der Waals surface area contributed by atoms with Crippen molar-refractivity contribution in [3.8, 4) is 0 Å². The van der Waals surface area contributed by atoms with Gasteiger partial charge in [-0.3, -0.25) is 9.69 Å². The second-order valence-electron chi connectivity index (χ2n) is 6.47. The highest BCUT2D eigenvalue weighted by Crippen LogP contribution is 2.41. The van der Waals surface area contributed by atoms with Gasteiger partial charge in [0.15, 0.2) is 0 Å². The van der Waals surface area contributed by atoms with Gasteiger partial charge in [0, 0.05) is 44.1 Å². The third kappa shape index (κ3) is 3.53. The average molecular weight is 321 g/mol. The van der Waals surface area contributed by atoms with E-state index < -0.39 is 0 Å². The fourth-order valence-electron chi connectivity index (χ4n) is 3.72. The molecule has 2 heterocycles. The van der Waals surface area contributed by atoms with Gasteiger partial charge in [0.25, 0.3) is 0 Å². The number of thiophene rings is 1. The highest BCUT2D eigenvalue weighted by molar-refractivity contribution is 7.10. The zero-order valence-electron chi connectivity index (χ0n) is 13.3. The van der Waals surface area contributed by atoms with Gasteiger partial charge in [-0.1, -0.05) is 25.3 Å². The summed E-state index contributed by atoms with van der Waals surface area (Å²) in [4.78, 5) is 16.6. The van der Waals surface area contributed by atoms with Crippen LogP contribution in [0.4, 0.5) is 0 Å². The van der Waals surface area contributed by atoms with Crippen LogP contribution < -0.4 is 10.6 Å². The Balaban J connectivity index is 1.58. The van der Waals surface area contributed by atoms with Gasteiger partial charge in [0.1, 0.15) is 0 Å². The molecule has 0 radical (unpaired) electrons. The number of carbonyl (C=O) groups excluding carboxylic acids is 1. The van der Waals surface area contributed by atoms with E-state index in [9.17, 15) is 4.79 Å². The van der Waals surface area contributed by atoms with Gasteiger partial charge in [-0.25, -0.2) is 0 Å². The van der Waals surface area contributed by atoms with E-state index in [-0.39, 0.29) is 11.3 Å². The zero-order valence-corrected chi connectivity index (χ0v) is 14.1. The van der Waals surface area contributed by atoms with Crippen LogP contribution in [0, 0.1) is 0 Å². The normalized spacial score (nSPS) is 22.4. The number of nitrogens with one attached hydrogen (secondary N) is 2. The largest absolute Gasteiger partial charge is 0.354 e. The minimum atomic E-state index is -0.254. The fourth-order valence-corrected chi connectivity index (χ4v) is 4.71. The van der Waals surface area contributed by atoms with Crippen LogP contribution in [-0.2, 0) is 10.2 Å². The lowest BCUT2D eigenvalue weighted by atomic mass is 9.72. The lowest BCUT2D eigenvalue weighted by Crippen LogP contribution is -2.49. The van der Waals surface area contributed by atoms with Crippen LogP contribution in [0.1, 0.15) is 37.0 Å². The Morgan fingerprint density at radius 2 is 2.05 bits per heavy atom. The first kappa shape index (κ1) is 16.0. The van der Waals surface area contributed by atoms with Crippen molar-refractivity contribution in [2.24, 2.45) is 0 Å². The summed E-state index contributed by atoms with van der Waals surface area (Å²) in [5, 5.41) is 8.69. The van der Waals surface area contributed by atoms with E-state index in [4.69, 9.17) is 0 Å². The van der Waals surface area contributed by atoms with Crippen LogP contribution in [0.5, 0.6) is 0 Å². The summed E-state index contributed by atoms with van der Waals surface area (Å²) < 4.78 is 0. The molecular weight excluding hydrogens is 294 g/mol. The molecule has 1 aromatic rings. The van der Waals surface area contributed by atoms with Gasteiger partial charge >= 0.3 is 0 Å². The summed E-state index contributed by atoms with van der Waals surface area (Å²) in [6.07, 6.45) is 5.62. The van der Waals surface area contributed by atoms with Crippen molar-refractivity contribution in [2.45, 2.75) is 37.5 Å². The number of rotatable bonds is 5. The molecule has 2 aliphatic rings. The molecule has 2 fully saturated rings. The van der Waals surface area contributed by atoms with Crippen molar-refractivity contribution < 1.29 is 4.79 Å². The molecule has 1 saturated carbocycles. The molecule has 0 aromatic carbocycles. The Bertz CT molecular complexity index is 462. The Kier molecular flexibility index (Phi) is 5.50. The van der Waals surface area contributed by atoms with Crippen LogP contribution >= 0.6 is 11.3 Å². The van der Waals surface area contributed by atoms with Crippen molar-refractivity contribution in [3.63, 3.8) is 0 Å². The first-order valence-corrected chi connectivity index (χ1v) is 9.45. The SMILES string of the molecule is O=C(NCCN1CCNCC1)C1(c2cccs2)CCCCC1. The Hall–Kier alpha value is -0.910. The van der Waals surface area contributed by atoms with Gasteiger partial charge in [0.05, 0.1) is 5.41 Å². The van der Waals surface area contributed by atoms with E-state index in [2.05, 4.69) is 33.0 Å². The van der Waals surface area contributed by atoms with E-state index in [0.29, 0.717) is 0 Å². The van der Waals surface area contributed by atoms with E-state index >= 15 is 0 Å². The number of hydrogen-bond acceptors (Lipinski definition) is 4. The van der Waals surface area contributed by atoms with Crippen molar-refractivity contribution in [1.82, 2.24) is 15.5 Å². The highest BCUT2D eigenvalue weighted by Gasteiger charge is 2.41. The molecule has 1 aliphatic carbocycles. The first-order valence-electron chi connectivity index (χ1n) is 8.57. The maximum Gasteiger partial charge on any atom is 0.231 e. The predicted octanol–water partition coefficient (Wildman–Crippen LogP) is 1.97. The maximum atomic E-state index is 12.9. The lowest BCUT2D eigenvalue weighted by molar-refractivity contribution is -0.128. The molecular formula is C17H27N3OS. The van der Waals surface area contributed by atoms with Crippen molar-refractivity contribution in [1.29, 1.82) is 0 Å². The molecule has 0 bridgehead atoms. The second-order valence-corrected chi connectivity index (χ2v) is 7.42. The van der Waals surface area contributed by atoms with Crippen LogP contribution in [0.25, 0.3) is 0 Å². The predicted molar refractivity (Wildman–Crippen MR) is 91.4 cm³/mol. The summed E-state index contributed by atoms with van der Waals surface area (Å²) in [5.41, 5.74) is -0.254. The molecule has 1 saturated heterocycles. The van der Waals surface area contributed by atoms with E-state index in [1.165, 1.54) is 24.1 Å². The zero-order chi connectivity index (χ0) is 15.3. The van der Waals surface area contributed by atoms with E-state index in [1.54, 1.807) is 11.3 Å². The number of amides is 1. The molecule has 0 spiro atoms. The van der Waals surface area contributed by atoms with E-state index in [1.807, 2.05) is 0 Å². The molecule has 2 N–H and O–H groups in total. The number of carbonyl (C=O) groups is 1. The molecule has 22 heavy (non-hydrogen) atoms. The minimum absolute atomic E-state index is 0.254. The monoisotopic (exact) mass is 321 g/mol.